The molecule has 0 fully saturated rings. The summed E-state index contributed by atoms with van der Waals surface area (Å²) in [6.45, 7) is -0.760. The second kappa shape index (κ2) is 5.85. The lowest BCUT2D eigenvalue weighted by Crippen LogP contribution is -2.15. The number of methoxy groups -OCH3 is 2. The van der Waals surface area contributed by atoms with Crippen molar-refractivity contribution >= 4 is 11.5 Å². The molecule has 0 saturated carbocycles. The Hall–Kier alpha value is -2.31. The first-order valence-electron chi connectivity index (χ1n) is 5.12. The summed E-state index contributed by atoms with van der Waals surface area (Å²) >= 11 is 0. The van der Waals surface area contributed by atoms with E-state index in [1.54, 1.807) is 13.1 Å². The van der Waals surface area contributed by atoms with Crippen molar-refractivity contribution in [3.05, 3.63) is 27.8 Å². The summed E-state index contributed by atoms with van der Waals surface area (Å²) in [4.78, 5) is 21.4. The van der Waals surface area contributed by atoms with Gasteiger partial charge in [0.15, 0.2) is 11.5 Å². The molecule has 7 nitrogen and oxygen atoms in total. The predicted octanol–water partition coefficient (Wildman–Crippen LogP) is 1.20. The van der Waals surface area contributed by atoms with E-state index in [0.29, 0.717) is 17.2 Å². The SMILES string of the molecule is CNc1cc(OC)c(OC)cc1C(=O)C[N+](=O)[O-]. The van der Waals surface area contributed by atoms with Gasteiger partial charge in [-0.05, 0) is 6.07 Å². The summed E-state index contributed by atoms with van der Waals surface area (Å²) in [5.74, 6) is 0.202. The maximum Gasteiger partial charge on any atom is 0.265 e. The minimum Gasteiger partial charge on any atom is -0.493 e. The first-order valence-corrected chi connectivity index (χ1v) is 5.12. The molecule has 0 atom stereocenters. The number of nitro groups is 1. The number of Topliss-reactive ketones (excluding diaryl/α,β-unsaturated/α-hetero) is 1. The summed E-state index contributed by atoms with van der Waals surface area (Å²) in [6, 6.07) is 2.99. The Morgan fingerprint density at radius 2 is 1.89 bits per heavy atom. The van der Waals surface area contributed by atoms with Gasteiger partial charge in [-0.3, -0.25) is 14.9 Å². The largest absolute Gasteiger partial charge is 0.493 e. The molecule has 0 spiro atoms. The number of benzene rings is 1. The number of anilines is 1. The molecule has 0 aromatic heterocycles. The van der Waals surface area contributed by atoms with Gasteiger partial charge >= 0.3 is 0 Å². The van der Waals surface area contributed by atoms with E-state index < -0.39 is 17.3 Å². The second-order valence-electron chi connectivity index (χ2n) is 3.42. The van der Waals surface area contributed by atoms with Crippen molar-refractivity contribution in [2.75, 3.05) is 33.1 Å². The van der Waals surface area contributed by atoms with Crippen LogP contribution in [0, 0.1) is 10.1 Å². The molecule has 0 bridgehead atoms. The molecule has 0 aliphatic carbocycles. The highest BCUT2D eigenvalue weighted by Crippen LogP contribution is 2.33. The van der Waals surface area contributed by atoms with E-state index >= 15 is 0 Å². The molecule has 0 aliphatic rings. The number of carbonyl (C=O) groups excluding carboxylic acids is 1. The molecule has 1 aromatic carbocycles. The van der Waals surface area contributed by atoms with Crippen molar-refractivity contribution in [3.63, 3.8) is 0 Å². The highest BCUT2D eigenvalue weighted by Gasteiger charge is 2.19. The molecule has 7 heteroatoms. The number of nitrogens with one attached hydrogen (secondary N) is 1. The Kier molecular flexibility index (Phi) is 4.47. The summed E-state index contributed by atoms with van der Waals surface area (Å²) in [6.07, 6.45) is 0. The molecule has 98 valence electrons. The van der Waals surface area contributed by atoms with Gasteiger partial charge in [0, 0.05) is 23.7 Å². The summed E-state index contributed by atoms with van der Waals surface area (Å²) < 4.78 is 10.1. The average molecular weight is 254 g/mol. The van der Waals surface area contributed by atoms with E-state index in [0.717, 1.165) is 0 Å². The maximum absolute atomic E-state index is 11.7. The van der Waals surface area contributed by atoms with E-state index in [1.165, 1.54) is 20.3 Å². The standard InChI is InChI=1S/C11H14N2O5/c1-12-8-5-11(18-3)10(17-2)4-7(8)9(14)6-13(15)16/h4-5,12H,6H2,1-3H3. The van der Waals surface area contributed by atoms with Crippen molar-refractivity contribution in [1.29, 1.82) is 0 Å². The smallest absolute Gasteiger partial charge is 0.265 e. The summed E-state index contributed by atoms with van der Waals surface area (Å²) in [5.41, 5.74) is 0.659. The van der Waals surface area contributed by atoms with Crippen LogP contribution < -0.4 is 14.8 Å². The molecule has 1 aromatic rings. The van der Waals surface area contributed by atoms with E-state index in [1.807, 2.05) is 0 Å². The summed E-state index contributed by atoms with van der Waals surface area (Å²) in [5, 5.41) is 13.2. The fraction of sp³-hybridized carbons (Fsp3) is 0.364. The van der Waals surface area contributed by atoms with E-state index in [2.05, 4.69) is 5.32 Å². The molecule has 1 rings (SSSR count). The third kappa shape index (κ3) is 2.88. The quantitative estimate of drug-likeness (QED) is 0.466. The van der Waals surface area contributed by atoms with Gasteiger partial charge in [0.2, 0.25) is 5.78 Å². The first kappa shape index (κ1) is 13.8. The Morgan fingerprint density at radius 1 is 1.33 bits per heavy atom. The molecule has 0 aliphatic heterocycles. The van der Waals surface area contributed by atoms with Crippen LogP contribution in [0.2, 0.25) is 0 Å². The van der Waals surface area contributed by atoms with Crippen LogP contribution in [0.3, 0.4) is 0 Å². The summed E-state index contributed by atoms with van der Waals surface area (Å²) in [7, 11) is 4.51. The zero-order valence-electron chi connectivity index (χ0n) is 10.4. The Labute approximate surface area is 104 Å². The molecule has 0 unspecified atom stereocenters. The van der Waals surface area contributed by atoms with E-state index in [-0.39, 0.29) is 5.56 Å². The van der Waals surface area contributed by atoms with Crippen LogP contribution in [0.15, 0.2) is 12.1 Å². The zero-order chi connectivity index (χ0) is 13.7. The molecule has 0 heterocycles. The minimum absolute atomic E-state index is 0.201. The molecule has 0 radical (unpaired) electrons. The molecular weight excluding hydrogens is 240 g/mol. The second-order valence-corrected chi connectivity index (χ2v) is 3.42. The first-order chi connectivity index (χ1) is 8.53. The van der Waals surface area contributed by atoms with Crippen molar-refractivity contribution in [2.45, 2.75) is 0 Å². The molecule has 18 heavy (non-hydrogen) atoms. The van der Waals surface area contributed by atoms with Gasteiger partial charge in [-0.25, -0.2) is 0 Å². The third-order valence-electron chi connectivity index (χ3n) is 2.37. The number of hydrogen-bond donors (Lipinski definition) is 1. The van der Waals surface area contributed by atoms with Gasteiger partial charge in [0.1, 0.15) is 0 Å². The van der Waals surface area contributed by atoms with Gasteiger partial charge in [-0.15, -0.1) is 0 Å². The third-order valence-corrected chi connectivity index (χ3v) is 2.37. The van der Waals surface area contributed by atoms with Crippen molar-refractivity contribution < 1.29 is 19.2 Å². The zero-order valence-corrected chi connectivity index (χ0v) is 10.4. The maximum atomic E-state index is 11.7. The number of ether oxygens (including phenoxy) is 2. The minimum atomic E-state index is -0.760. The lowest BCUT2D eigenvalue weighted by atomic mass is 10.1. The molecule has 0 saturated heterocycles. The van der Waals surface area contributed by atoms with Gasteiger partial charge in [0.05, 0.1) is 19.8 Å². The number of rotatable bonds is 6. The predicted molar refractivity (Wildman–Crippen MR) is 65.3 cm³/mol. The lowest BCUT2D eigenvalue weighted by molar-refractivity contribution is -0.465. The van der Waals surface area contributed by atoms with E-state index in [4.69, 9.17) is 9.47 Å². The lowest BCUT2D eigenvalue weighted by Gasteiger charge is -2.13. The highest BCUT2D eigenvalue weighted by molar-refractivity contribution is 6.02. The Balaban J connectivity index is 3.24. The molecular formula is C11H14N2O5. The number of hydrogen-bond acceptors (Lipinski definition) is 6. The van der Waals surface area contributed by atoms with Gasteiger partial charge in [-0.2, -0.15) is 0 Å². The van der Waals surface area contributed by atoms with E-state index in [9.17, 15) is 14.9 Å². The highest BCUT2D eigenvalue weighted by atomic mass is 16.6. The van der Waals surface area contributed by atoms with Crippen LogP contribution in [0.1, 0.15) is 10.4 Å². The fourth-order valence-corrected chi connectivity index (χ4v) is 1.52. The van der Waals surface area contributed by atoms with Gasteiger partial charge in [0.25, 0.3) is 6.54 Å². The number of nitrogens with zero attached hydrogens (tertiary/aromatic N) is 1. The normalized spacial score (nSPS) is 9.72. The van der Waals surface area contributed by atoms with Crippen LogP contribution in [0.5, 0.6) is 11.5 Å². The van der Waals surface area contributed by atoms with Gasteiger partial charge in [-0.1, -0.05) is 0 Å². The Bertz CT molecular complexity index is 473. The van der Waals surface area contributed by atoms with Crippen LogP contribution in [0.4, 0.5) is 5.69 Å². The average Bonchev–Trinajstić information content (AvgIpc) is 2.36. The molecule has 0 amide bonds. The van der Waals surface area contributed by atoms with Crippen LogP contribution in [-0.4, -0.2) is 38.5 Å². The van der Waals surface area contributed by atoms with Crippen molar-refractivity contribution in [2.24, 2.45) is 0 Å². The van der Waals surface area contributed by atoms with Crippen LogP contribution in [0.25, 0.3) is 0 Å². The van der Waals surface area contributed by atoms with Crippen molar-refractivity contribution in [3.8, 4) is 11.5 Å². The number of carbonyl (C=O) groups is 1. The molecule has 1 N–H and O–H groups in total. The monoisotopic (exact) mass is 254 g/mol. The fourth-order valence-electron chi connectivity index (χ4n) is 1.52. The number of ketones is 1. The Morgan fingerprint density at radius 3 is 2.33 bits per heavy atom. The van der Waals surface area contributed by atoms with Gasteiger partial charge < -0.3 is 14.8 Å². The topological polar surface area (TPSA) is 90.7 Å². The van der Waals surface area contributed by atoms with Crippen LogP contribution >= 0.6 is 0 Å². The van der Waals surface area contributed by atoms with Crippen LogP contribution in [-0.2, 0) is 0 Å². The van der Waals surface area contributed by atoms with Crippen molar-refractivity contribution in [1.82, 2.24) is 0 Å².